The lowest BCUT2D eigenvalue weighted by atomic mass is 10.2. The van der Waals surface area contributed by atoms with E-state index in [0.29, 0.717) is 0 Å². The number of urea groups is 1. The van der Waals surface area contributed by atoms with Crippen LogP contribution in [0.1, 0.15) is 32.6 Å². The molecule has 0 aliphatic heterocycles. The molecule has 0 heterocycles. The highest BCUT2D eigenvalue weighted by Crippen LogP contribution is 2.23. The van der Waals surface area contributed by atoms with Gasteiger partial charge in [0.25, 0.3) is 0 Å². The molecule has 0 bridgehead atoms. The van der Waals surface area contributed by atoms with E-state index in [0.717, 1.165) is 25.7 Å². The van der Waals surface area contributed by atoms with Gasteiger partial charge in [0.1, 0.15) is 12.6 Å². The second-order valence-electron chi connectivity index (χ2n) is 4.54. The Kier molecular flexibility index (Phi) is 4.94. The highest BCUT2D eigenvalue weighted by Gasteiger charge is 2.29. The molecule has 0 unspecified atom stereocenters. The van der Waals surface area contributed by atoms with E-state index in [9.17, 15) is 14.4 Å². The van der Waals surface area contributed by atoms with Crippen molar-refractivity contribution in [3.63, 3.8) is 0 Å². The van der Waals surface area contributed by atoms with Crippen molar-refractivity contribution in [3.8, 4) is 0 Å². The van der Waals surface area contributed by atoms with Gasteiger partial charge >= 0.3 is 12.0 Å². The molecule has 1 aliphatic carbocycles. The van der Waals surface area contributed by atoms with E-state index in [1.54, 1.807) is 0 Å². The number of rotatable bonds is 5. The van der Waals surface area contributed by atoms with Crippen molar-refractivity contribution in [2.75, 3.05) is 6.54 Å². The molecule has 0 aromatic carbocycles. The van der Waals surface area contributed by atoms with E-state index < -0.39 is 23.9 Å². The van der Waals surface area contributed by atoms with Gasteiger partial charge in [0.05, 0.1) is 0 Å². The SMILES string of the molecule is C[C@@H](NC(=O)N(CC(N)=O)C1CCCC1)C(=O)O. The molecule has 1 fully saturated rings. The number of nitrogens with two attached hydrogens (primary N) is 1. The van der Waals surface area contributed by atoms with Crippen LogP contribution in [0.5, 0.6) is 0 Å². The van der Waals surface area contributed by atoms with Gasteiger partial charge in [-0.2, -0.15) is 0 Å². The van der Waals surface area contributed by atoms with E-state index in [1.807, 2.05) is 0 Å². The van der Waals surface area contributed by atoms with Crippen LogP contribution in [-0.4, -0.2) is 46.5 Å². The summed E-state index contributed by atoms with van der Waals surface area (Å²) in [7, 11) is 0. The second-order valence-corrected chi connectivity index (χ2v) is 4.54. The quantitative estimate of drug-likeness (QED) is 0.638. The zero-order valence-corrected chi connectivity index (χ0v) is 10.4. The molecule has 7 heteroatoms. The van der Waals surface area contributed by atoms with Crippen LogP contribution in [0.4, 0.5) is 4.79 Å². The number of carboxylic acids is 1. The normalized spacial score (nSPS) is 17.2. The molecule has 1 saturated carbocycles. The van der Waals surface area contributed by atoms with Gasteiger partial charge in [0, 0.05) is 6.04 Å². The molecule has 0 aromatic heterocycles. The summed E-state index contributed by atoms with van der Waals surface area (Å²) >= 11 is 0. The number of amides is 3. The Morgan fingerprint density at radius 3 is 2.39 bits per heavy atom. The van der Waals surface area contributed by atoms with E-state index in [1.165, 1.54) is 11.8 Å². The van der Waals surface area contributed by atoms with Crippen LogP contribution in [0.2, 0.25) is 0 Å². The lowest BCUT2D eigenvalue weighted by molar-refractivity contribution is -0.138. The molecular formula is C11H19N3O4. The number of carbonyl (C=O) groups excluding carboxylic acids is 2. The fourth-order valence-corrected chi connectivity index (χ4v) is 2.08. The lowest BCUT2D eigenvalue weighted by Gasteiger charge is -2.28. The summed E-state index contributed by atoms with van der Waals surface area (Å²) in [6.45, 7) is 1.19. The van der Waals surface area contributed by atoms with E-state index in [2.05, 4.69) is 5.32 Å². The topological polar surface area (TPSA) is 113 Å². The van der Waals surface area contributed by atoms with Crippen molar-refractivity contribution in [1.29, 1.82) is 0 Å². The first-order valence-electron chi connectivity index (χ1n) is 6.00. The zero-order chi connectivity index (χ0) is 13.7. The number of aliphatic carboxylic acids is 1. The van der Waals surface area contributed by atoms with Crippen LogP contribution in [0.15, 0.2) is 0 Å². The lowest BCUT2D eigenvalue weighted by Crippen LogP contribution is -2.52. The fourth-order valence-electron chi connectivity index (χ4n) is 2.08. The summed E-state index contributed by atoms with van der Waals surface area (Å²) in [5, 5.41) is 11.1. The van der Waals surface area contributed by atoms with Crippen LogP contribution in [-0.2, 0) is 9.59 Å². The maximum absolute atomic E-state index is 11.9. The van der Waals surface area contributed by atoms with Gasteiger partial charge in [0.15, 0.2) is 0 Å². The van der Waals surface area contributed by atoms with Gasteiger partial charge in [-0.25, -0.2) is 4.79 Å². The predicted octanol–water partition coefficient (Wildman–Crippen LogP) is -0.101. The molecule has 1 rings (SSSR count). The summed E-state index contributed by atoms with van der Waals surface area (Å²) in [5.74, 6) is -1.71. The summed E-state index contributed by atoms with van der Waals surface area (Å²) in [4.78, 5) is 34.9. The number of hydrogen-bond donors (Lipinski definition) is 3. The molecule has 4 N–H and O–H groups in total. The summed E-state index contributed by atoms with van der Waals surface area (Å²) in [6, 6.07) is -1.57. The Morgan fingerprint density at radius 2 is 1.94 bits per heavy atom. The third kappa shape index (κ3) is 3.90. The second kappa shape index (κ2) is 6.23. The van der Waals surface area contributed by atoms with Crippen molar-refractivity contribution >= 4 is 17.9 Å². The number of carbonyl (C=O) groups is 3. The third-order valence-corrected chi connectivity index (χ3v) is 3.06. The van der Waals surface area contributed by atoms with E-state index in [4.69, 9.17) is 10.8 Å². The molecule has 7 nitrogen and oxygen atoms in total. The van der Waals surface area contributed by atoms with Crippen LogP contribution in [0.25, 0.3) is 0 Å². The number of nitrogens with zero attached hydrogens (tertiary/aromatic N) is 1. The Morgan fingerprint density at radius 1 is 1.39 bits per heavy atom. The Bertz CT molecular complexity index is 339. The molecule has 18 heavy (non-hydrogen) atoms. The summed E-state index contributed by atoms with van der Waals surface area (Å²) in [6.07, 6.45) is 3.65. The van der Waals surface area contributed by atoms with Crippen LogP contribution < -0.4 is 11.1 Å². The molecule has 0 radical (unpaired) electrons. The van der Waals surface area contributed by atoms with Gasteiger partial charge in [0.2, 0.25) is 5.91 Å². The first-order valence-corrected chi connectivity index (χ1v) is 6.00. The minimum Gasteiger partial charge on any atom is -0.480 e. The van der Waals surface area contributed by atoms with E-state index in [-0.39, 0.29) is 12.6 Å². The van der Waals surface area contributed by atoms with Crippen molar-refractivity contribution in [2.45, 2.75) is 44.7 Å². The number of nitrogens with one attached hydrogen (secondary N) is 1. The largest absolute Gasteiger partial charge is 0.480 e. The minimum absolute atomic E-state index is 0.0292. The van der Waals surface area contributed by atoms with Crippen molar-refractivity contribution in [2.24, 2.45) is 5.73 Å². The van der Waals surface area contributed by atoms with Crippen molar-refractivity contribution < 1.29 is 19.5 Å². The molecule has 3 amide bonds. The first kappa shape index (κ1) is 14.3. The smallest absolute Gasteiger partial charge is 0.325 e. The molecule has 102 valence electrons. The maximum Gasteiger partial charge on any atom is 0.325 e. The first-order chi connectivity index (χ1) is 8.41. The highest BCUT2D eigenvalue weighted by molar-refractivity contribution is 5.86. The van der Waals surface area contributed by atoms with Gasteiger partial charge in [-0.05, 0) is 19.8 Å². The Labute approximate surface area is 105 Å². The average Bonchev–Trinajstić information content (AvgIpc) is 2.78. The summed E-state index contributed by atoms with van der Waals surface area (Å²) < 4.78 is 0. The third-order valence-electron chi connectivity index (χ3n) is 3.06. The van der Waals surface area contributed by atoms with Crippen LogP contribution in [0.3, 0.4) is 0 Å². The molecule has 0 spiro atoms. The minimum atomic E-state index is -1.12. The van der Waals surface area contributed by atoms with Gasteiger partial charge in [-0.3, -0.25) is 9.59 Å². The number of carboxylic acid groups (broad SMARTS) is 1. The van der Waals surface area contributed by atoms with Crippen molar-refractivity contribution in [1.82, 2.24) is 10.2 Å². The molecule has 1 aliphatic rings. The van der Waals surface area contributed by atoms with E-state index >= 15 is 0 Å². The molecule has 0 aromatic rings. The molecular weight excluding hydrogens is 238 g/mol. The Balaban J connectivity index is 2.66. The monoisotopic (exact) mass is 257 g/mol. The molecule has 1 atom stereocenters. The van der Waals surface area contributed by atoms with Gasteiger partial charge in [-0.1, -0.05) is 12.8 Å². The molecule has 0 saturated heterocycles. The van der Waals surface area contributed by atoms with Crippen LogP contribution in [0, 0.1) is 0 Å². The van der Waals surface area contributed by atoms with Crippen molar-refractivity contribution in [3.05, 3.63) is 0 Å². The maximum atomic E-state index is 11.9. The van der Waals surface area contributed by atoms with Crippen LogP contribution >= 0.6 is 0 Å². The zero-order valence-electron chi connectivity index (χ0n) is 10.4. The van der Waals surface area contributed by atoms with Gasteiger partial charge < -0.3 is 21.1 Å². The summed E-state index contributed by atoms with van der Waals surface area (Å²) in [5.41, 5.74) is 5.11. The number of hydrogen-bond acceptors (Lipinski definition) is 3. The van der Waals surface area contributed by atoms with Gasteiger partial charge in [-0.15, -0.1) is 0 Å². The number of primary amides is 1. The fraction of sp³-hybridized carbons (Fsp3) is 0.727. The standard InChI is InChI=1S/C11H19N3O4/c1-7(10(16)17)13-11(18)14(6-9(12)15)8-4-2-3-5-8/h7-8H,2-6H2,1H3,(H2,12,15)(H,13,18)(H,16,17)/t7-/m1/s1. The highest BCUT2D eigenvalue weighted by atomic mass is 16.4. The Hall–Kier alpha value is -1.79. The predicted molar refractivity (Wildman–Crippen MR) is 63.8 cm³/mol. The average molecular weight is 257 g/mol.